The predicted molar refractivity (Wildman–Crippen MR) is 62.3 cm³/mol. The Labute approximate surface area is 111 Å². The number of thioether (sulfide) groups is 1. The van der Waals surface area contributed by atoms with Crippen LogP contribution in [-0.4, -0.2) is 46.8 Å². The second-order valence-corrected chi connectivity index (χ2v) is 4.43. The number of hydrogen-bond acceptors (Lipinski definition) is 8. The SMILES string of the molecule is O=C(O)CSc1nnc(CO)n1CCc1ncon1. The maximum absolute atomic E-state index is 10.5. The van der Waals surface area contributed by atoms with Crippen molar-refractivity contribution >= 4 is 17.7 Å². The average Bonchev–Trinajstić information content (AvgIpc) is 3.02. The molecule has 0 saturated heterocycles. The lowest BCUT2D eigenvalue weighted by Crippen LogP contribution is -2.09. The zero-order valence-electron chi connectivity index (χ0n) is 9.76. The fraction of sp³-hybridized carbons (Fsp3) is 0.444. The standard InChI is InChI=1S/C9H11N5O4S/c15-3-7-11-12-9(19-4-8(16)17)14(7)2-1-6-10-5-18-13-6/h5,15H,1-4H2,(H,16,17). The lowest BCUT2D eigenvalue weighted by molar-refractivity contribution is -0.133. The zero-order valence-corrected chi connectivity index (χ0v) is 10.6. The van der Waals surface area contributed by atoms with Crippen molar-refractivity contribution in [2.24, 2.45) is 0 Å². The molecular weight excluding hydrogens is 274 g/mol. The average molecular weight is 285 g/mol. The van der Waals surface area contributed by atoms with Crippen LogP contribution in [0.2, 0.25) is 0 Å². The van der Waals surface area contributed by atoms with Crippen molar-refractivity contribution in [2.75, 3.05) is 5.75 Å². The first-order valence-electron chi connectivity index (χ1n) is 5.33. The molecular formula is C9H11N5O4S. The highest BCUT2D eigenvalue weighted by atomic mass is 32.2. The Morgan fingerprint density at radius 2 is 2.32 bits per heavy atom. The highest BCUT2D eigenvalue weighted by molar-refractivity contribution is 7.99. The minimum atomic E-state index is -0.941. The van der Waals surface area contributed by atoms with E-state index in [0.717, 1.165) is 11.8 Å². The van der Waals surface area contributed by atoms with Crippen LogP contribution in [0.1, 0.15) is 11.6 Å². The summed E-state index contributed by atoms with van der Waals surface area (Å²) in [6, 6.07) is 0. The molecule has 0 aliphatic heterocycles. The third-order valence-corrected chi connectivity index (χ3v) is 3.18. The van der Waals surface area contributed by atoms with E-state index in [0.29, 0.717) is 29.8 Å². The van der Waals surface area contributed by atoms with Crippen molar-refractivity contribution in [1.29, 1.82) is 0 Å². The fourth-order valence-corrected chi connectivity index (χ4v) is 2.11. The van der Waals surface area contributed by atoms with Crippen LogP contribution in [0.4, 0.5) is 0 Å². The quantitative estimate of drug-likeness (QED) is 0.651. The van der Waals surface area contributed by atoms with Crippen molar-refractivity contribution in [1.82, 2.24) is 24.9 Å². The summed E-state index contributed by atoms with van der Waals surface area (Å²) in [6.45, 7) is 0.164. The second kappa shape index (κ2) is 6.29. The first-order valence-corrected chi connectivity index (χ1v) is 6.32. The number of carboxylic acid groups (broad SMARTS) is 1. The molecule has 0 fully saturated rings. The van der Waals surface area contributed by atoms with E-state index in [1.54, 1.807) is 4.57 Å². The number of carboxylic acids is 1. The molecule has 0 aromatic carbocycles. The molecule has 2 rings (SSSR count). The topological polar surface area (TPSA) is 127 Å². The molecule has 19 heavy (non-hydrogen) atoms. The van der Waals surface area contributed by atoms with Gasteiger partial charge in [-0.15, -0.1) is 10.2 Å². The molecule has 9 nitrogen and oxygen atoms in total. The van der Waals surface area contributed by atoms with Gasteiger partial charge in [-0.05, 0) is 0 Å². The van der Waals surface area contributed by atoms with Gasteiger partial charge in [0.1, 0.15) is 6.61 Å². The Hall–Kier alpha value is -1.94. The van der Waals surface area contributed by atoms with E-state index in [2.05, 4.69) is 24.9 Å². The van der Waals surface area contributed by atoms with Gasteiger partial charge in [-0.3, -0.25) is 4.79 Å². The molecule has 0 aliphatic carbocycles. The Bertz CT molecular complexity index is 541. The van der Waals surface area contributed by atoms with Gasteiger partial charge in [0.15, 0.2) is 16.8 Å². The molecule has 2 aromatic heterocycles. The van der Waals surface area contributed by atoms with Crippen molar-refractivity contribution in [2.45, 2.75) is 24.7 Å². The molecule has 0 atom stereocenters. The number of aromatic nitrogens is 5. The summed E-state index contributed by atoms with van der Waals surface area (Å²) in [7, 11) is 0. The Morgan fingerprint density at radius 3 is 2.95 bits per heavy atom. The third-order valence-electron chi connectivity index (χ3n) is 2.23. The van der Waals surface area contributed by atoms with Crippen molar-refractivity contribution in [3.63, 3.8) is 0 Å². The third kappa shape index (κ3) is 3.51. The summed E-state index contributed by atoms with van der Waals surface area (Å²) in [5, 5.41) is 29.6. The second-order valence-electron chi connectivity index (χ2n) is 3.49. The highest BCUT2D eigenvalue weighted by Crippen LogP contribution is 2.17. The monoisotopic (exact) mass is 285 g/mol. The predicted octanol–water partition coefficient (Wildman–Crippen LogP) is -0.427. The minimum Gasteiger partial charge on any atom is -0.481 e. The van der Waals surface area contributed by atoms with E-state index in [1.165, 1.54) is 6.39 Å². The summed E-state index contributed by atoms with van der Waals surface area (Å²) in [4.78, 5) is 14.4. The van der Waals surface area contributed by atoms with Gasteiger partial charge in [-0.1, -0.05) is 16.9 Å². The van der Waals surface area contributed by atoms with Crippen LogP contribution in [0.25, 0.3) is 0 Å². The fourth-order valence-electron chi connectivity index (χ4n) is 1.41. The van der Waals surface area contributed by atoms with Gasteiger partial charge in [-0.25, -0.2) is 0 Å². The molecule has 0 bridgehead atoms. The van der Waals surface area contributed by atoms with Gasteiger partial charge in [0.05, 0.1) is 5.75 Å². The lowest BCUT2D eigenvalue weighted by Gasteiger charge is -2.06. The number of rotatable bonds is 7. The smallest absolute Gasteiger partial charge is 0.313 e. The number of hydrogen-bond donors (Lipinski definition) is 2. The molecule has 102 valence electrons. The van der Waals surface area contributed by atoms with E-state index in [-0.39, 0.29) is 12.4 Å². The Balaban J connectivity index is 2.07. The number of aliphatic hydroxyl groups is 1. The number of nitrogens with zero attached hydrogens (tertiary/aromatic N) is 5. The first-order chi connectivity index (χ1) is 9.20. The van der Waals surface area contributed by atoms with Crippen LogP contribution in [0.15, 0.2) is 16.1 Å². The number of aliphatic hydroxyl groups excluding tert-OH is 1. The van der Waals surface area contributed by atoms with Crippen LogP contribution in [0.5, 0.6) is 0 Å². The molecule has 0 radical (unpaired) electrons. The summed E-state index contributed by atoms with van der Waals surface area (Å²) < 4.78 is 6.26. The minimum absolute atomic E-state index is 0.119. The van der Waals surface area contributed by atoms with Crippen molar-refractivity contribution in [3.8, 4) is 0 Å². The summed E-state index contributed by atoms with van der Waals surface area (Å²) in [5.41, 5.74) is 0. The van der Waals surface area contributed by atoms with Crippen LogP contribution in [0, 0.1) is 0 Å². The van der Waals surface area contributed by atoms with Crippen LogP contribution >= 0.6 is 11.8 Å². The molecule has 0 aliphatic rings. The molecule has 2 heterocycles. The normalized spacial score (nSPS) is 10.8. The largest absolute Gasteiger partial charge is 0.481 e. The molecule has 0 unspecified atom stereocenters. The number of carbonyl (C=O) groups is 1. The first kappa shape index (κ1) is 13.5. The Kier molecular flexibility index (Phi) is 4.47. The number of aryl methyl sites for hydroxylation is 1. The van der Waals surface area contributed by atoms with Crippen LogP contribution in [0.3, 0.4) is 0 Å². The molecule has 0 amide bonds. The van der Waals surface area contributed by atoms with E-state index in [1.807, 2.05) is 0 Å². The molecule has 2 aromatic rings. The summed E-state index contributed by atoms with van der Waals surface area (Å²) in [5.74, 6) is -0.169. The van der Waals surface area contributed by atoms with Crippen molar-refractivity contribution < 1.29 is 19.5 Å². The van der Waals surface area contributed by atoms with Gasteiger partial charge in [-0.2, -0.15) is 4.98 Å². The van der Waals surface area contributed by atoms with Crippen LogP contribution in [-0.2, 0) is 24.4 Å². The van der Waals surface area contributed by atoms with Gasteiger partial charge in [0.25, 0.3) is 0 Å². The Morgan fingerprint density at radius 1 is 1.47 bits per heavy atom. The maximum atomic E-state index is 10.5. The molecule has 10 heteroatoms. The van der Waals surface area contributed by atoms with Gasteiger partial charge < -0.3 is 19.3 Å². The van der Waals surface area contributed by atoms with E-state index >= 15 is 0 Å². The lowest BCUT2D eigenvalue weighted by atomic mass is 10.4. The van der Waals surface area contributed by atoms with E-state index in [4.69, 9.17) is 10.2 Å². The van der Waals surface area contributed by atoms with E-state index in [9.17, 15) is 4.79 Å². The molecule has 2 N–H and O–H groups in total. The highest BCUT2D eigenvalue weighted by Gasteiger charge is 2.14. The number of aliphatic carboxylic acids is 1. The van der Waals surface area contributed by atoms with Gasteiger partial charge in [0.2, 0.25) is 6.39 Å². The summed E-state index contributed by atoms with van der Waals surface area (Å²) in [6.07, 6.45) is 1.71. The van der Waals surface area contributed by atoms with E-state index < -0.39 is 5.97 Å². The summed E-state index contributed by atoms with van der Waals surface area (Å²) >= 11 is 1.04. The maximum Gasteiger partial charge on any atom is 0.313 e. The van der Waals surface area contributed by atoms with Crippen LogP contribution < -0.4 is 0 Å². The molecule has 0 spiro atoms. The molecule has 0 saturated carbocycles. The van der Waals surface area contributed by atoms with Crippen molar-refractivity contribution in [3.05, 3.63) is 18.0 Å². The zero-order chi connectivity index (χ0) is 13.7. The van der Waals surface area contributed by atoms with Gasteiger partial charge >= 0.3 is 5.97 Å². The van der Waals surface area contributed by atoms with Gasteiger partial charge in [0, 0.05) is 13.0 Å².